The molecule has 26 heavy (non-hydrogen) atoms. The third kappa shape index (κ3) is 3.88. The minimum absolute atomic E-state index is 0.260. The summed E-state index contributed by atoms with van der Waals surface area (Å²) in [7, 11) is 1.58. The van der Waals surface area contributed by atoms with Gasteiger partial charge < -0.3 is 15.4 Å². The monoisotopic (exact) mass is 356 g/mol. The Hall–Kier alpha value is -3.22. The maximum absolute atomic E-state index is 13.8. The zero-order valence-electron chi connectivity index (χ0n) is 14.6. The molecule has 0 saturated carbocycles. The first-order valence-electron chi connectivity index (χ1n) is 7.94. The van der Waals surface area contributed by atoms with E-state index < -0.39 is 11.6 Å². The molecule has 134 valence electrons. The average Bonchev–Trinajstić information content (AvgIpc) is 2.58. The summed E-state index contributed by atoms with van der Waals surface area (Å²) >= 11 is 0. The molecule has 0 aliphatic carbocycles. The normalized spacial score (nSPS) is 10.5. The van der Waals surface area contributed by atoms with Crippen LogP contribution >= 0.6 is 0 Å². The van der Waals surface area contributed by atoms with E-state index in [9.17, 15) is 8.78 Å². The van der Waals surface area contributed by atoms with Crippen molar-refractivity contribution < 1.29 is 13.5 Å². The Morgan fingerprint density at radius 1 is 0.885 bits per heavy atom. The number of para-hydroxylation sites is 1. The molecule has 7 heteroatoms. The molecular formula is C19H18F2N4O. The molecule has 1 heterocycles. The number of benzene rings is 2. The lowest BCUT2D eigenvalue weighted by atomic mass is 10.2. The Balaban J connectivity index is 1.92. The van der Waals surface area contributed by atoms with Gasteiger partial charge in [0.2, 0.25) is 0 Å². The van der Waals surface area contributed by atoms with Crippen LogP contribution in [0.1, 0.15) is 11.4 Å². The fraction of sp³-hybridized carbons (Fsp3) is 0.158. The van der Waals surface area contributed by atoms with Crippen LogP contribution in [0, 0.1) is 25.5 Å². The number of hydrogen-bond donors (Lipinski definition) is 2. The van der Waals surface area contributed by atoms with Crippen LogP contribution < -0.4 is 15.4 Å². The average molecular weight is 356 g/mol. The summed E-state index contributed by atoms with van der Waals surface area (Å²) in [5, 5.41) is 5.83. The summed E-state index contributed by atoms with van der Waals surface area (Å²) in [6.07, 6.45) is 0. The van der Waals surface area contributed by atoms with Gasteiger partial charge in [0.15, 0.2) is 0 Å². The van der Waals surface area contributed by atoms with Gasteiger partial charge in [0.25, 0.3) is 0 Å². The fourth-order valence-electron chi connectivity index (χ4n) is 2.50. The molecule has 2 N–H and O–H groups in total. The molecule has 0 atom stereocenters. The van der Waals surface area contributed by atoms with Crippen LogP contribution in [0.5, 0.6) is 5.75 Å². The van der Waals surface area contributed by atoms with Crippen molar-refractivity contribution in [3.8, 4) is 5.75 Å². The predicted octanol–water partition coefficient (Wildman–Crippen LogP) is 4.87. The summed E-state index contributed by atoms with van der Waals surface area (Å²) in [4.78, 5) is 8.50. The lowest BCUT2D eigenvalue weighted by Crippen LogP contribution is -2.04. The van der Waals surface area contributed by atoms with Crippen molar-refractivity contribution in [2.24, 2.45) is 0 Å². The summed E-state index contributed by atoms with van der Waals surface area (Å²) in [6.45, 7) is 3.66. The highest BCUT2D eigenvalue weighted by molar-refractivity contribution is 5.68. The number of aryl methyl sites for hydroxylation is 2. The maximum atomic E-state index is 13.8. The SMILES string of the molecule is COc1ccc(C)cc1Nc1cc(Nc2c(F)cccc2F)nc(C)n1. The highest BCUT2D eigenvalue weighted by atomic mass is 19.1. The number of rotatable bonds is 5. The van der Waals surface area contributed by atoms with Gasteiger partial charge in [-0.2, -0.15) is 0 Å². The molecule has 0 aliphatic heterocycles. The van der Waals surface area contributed by atoms with Crippen molar-refractivity contribution in [3.63, 3.8) is 0 Å². The van der Waals surface area contributed by atoms with Crippen LogP contribution in [0.15, 0.2) is 42.5 Å². The molecule has 0 radical (unpaired) electrons. The van der Waals surface area contributed by atoms with E-state index in [0.717, 1.165) is 11.3 Å². The smallest absolute Gasteiger partial charge is 0.149 e. The van der Waals surface area contributed by atoms with E-state index in [1.54, 1.807) is 20.1 Å². The van der Waals surface area contributed by atoms with Gasteiger partial charge in [0.1, 0.15) is 40.5 Å². The van der Waals surface area contributed by atoms with Gasteiger partial charge in [-0.3, -0.25) is 0 Å². The van der Waals surface area contributed by atoms with Gasteiger partial charge in [-0.25, -0.2) is 18.7 Å². The first-order chi connectivity index (χ1) is 12.5. The molecule has 0 amide bonds. The van der Waals surface area contributed by atoms with Crippen LogP contribution in [0.4, 0.5) is 31.8 Å². The van der Waals surface area contributed by atoms with E-state index in [1.807, 2.05) is 25.1 Å². The van der Waals surface area contributed by atoms with Gasteiger partial charge in [-0.15, -0.1) is 0 Å². The summed E-state index contributed by atoms with van der Waals surface area (Å²) in [5.74, 6) is 0.450. The number of anilines is 4. The van der Waals surface area contributed by atoms with Crippen LogP contribution in [-0.4, -0.2) is 17.1 Å². The lowest BCUT2D eigenvalue weighted by molar-refractivity contribution is 0.416. The van der Waals surface area contributed by atoms with E-state index in [-0.39, 0.29) is 11.5 Å². The first kappa shape index (κ1) is 17.6. The van der Waals surface area contributed by atoms with Crippen molar-refractivity contribution in [2.75, 3.05) is 17.7 Å². The highest BCUT2D eigenvalue weighted by Crippen LogP contribution is 2.29. The quantitative estimate of drug-likeness (QED) is 0.683. The second-order valence-electron chi connectivity index (χ2n) is 5.74. The van der Waals surface area contributed by atoms with Crippen LogP contribution in [0.3, 0.4) is 0 Å². The standard InChI is InChI=1S/C19H18F2N4O/c1-11-7-8-16(26-3)15(9-11)24-17-10-18(23-12(2)22-17)25-19-13(20)5-4-6-14(19)21/h4-10H,1-3H3,(H2,22,23,24,25). The second-order valence-corrected chi connectivity index (χ2v) is 5.74. The largest absolute Gasteiger partial charge is 0.495 e. The molecule has 0 fully saturated rings. The second kappa shape index (κ2) is 7.35. The van der Waals surface area contributed by atoms with E-state index in [1.165, 1.54) is 18.2 Å². The van der Waals surface area contributed by atoms with Crippen molar-refractivity contribution in [3.05, 3.63) is 65.5 Å². The van der Waals surface area contributed by atoms with Gasteiger partial charge >= 0.3 is 0 Å². The third-order valence-electron chi connectivity index (χ3n) is 3.67. The number of methoxy groups -OCH3 is 1. The van der Waals surface area contributed by atoms with Crippen LogP contribution in [0.2, 0.25) is 0 Å². The molecule has 1 aromatic heterocycles. The van der Waals surface area contributed by atoms with Crippen molar-refractivity contribution >= 4 is 23.0 Å². The first-order valence-corrected chi connectivity index (χ1v) is 7.94. The van der Waals surface area contributed by atoms with Crippen molar-refractivity contribution in [1.82, 2.24) is 9.97 Å². The summed E-state index contributed by atoms with van der Waals surface area (Å²) < 4.78 is 33.0. The van der Waals surface area contributed by atoms with Gasteiger partial charge in [0, 0.05) is 6.07 Å². The van der Waals surface area contributed by atoms with E-state index in [0.29, 0.717) is 17.4 Å². The maximum Gasteiger partial charge on any atom is 0.149 e. The number of halogens is 2. The number of hydrogen-bond acceptors (Lipinski definition) is 5. The molecule has 2 aromatic carbocycles. The molecule has 5 nitrogen and oxygen atoms in total. The predicted molar refractivity (Wildman–Crippen MR) is 97.4 cm³/mol. The number of nitrogens with zero attached hydrogens (tertiary/aromatic N) is 2. The van der Waals surface area contributed by atoms with E-state index >= 15 is 0 Å². The van der Waals surface area contributed by atoms with Crippen molar-refractivity contribution in [2.45, 2.75) is 13.8 Å². The Labute approximate surface area is 150 Å². The molecule has 3 rings (SSSR count). The number of aromatic nitrogens is 2. The van der Waals surface area contributed by atoms with Crippen LogP contribution in [0.25, 0.3) is 0 Å². The summed E-state index contributed by atoms with van der Waals surface area (Å²) in [6, 6.07) is 10.9. The topological polar surface area (TPSA) is 59.1 Å². The Bertz CT molecular complexity index is 927. The minimum atomic E-state index is -0.698. The Kier molecular flexibility index (Phi) is 4.97. The van der Waals surface area contributed by atoms with Gasteiger partial charge in [0.05, 0.1) is 12.8 Å². The Morgan fingerprint density at radius 3 is 2.19 bits per heavy atom. The molecular weight excluding hydrogens is 338 g/mol. The van der Waals surface area contributed by atoms with Crippen LogP contribution in [-0.2, 0) is 0 Å². The molecule has 0 spiro atoms. The fourth-order valence-corrected chi connectivity index (χ4v) is 2.50. The zero-order chi connectivity index (χ0) is 18.7. The molecule has 3 aromatic rings. The van der Waals surface area contributed by atoms with Gasteiger partial charge in [-0.1, -0.05) is 12.1 Å². The number of nitrogens with one attached hydrogen (secondary N) is 2. The molecule has 0 saturated heterocycles. The lowest BCUT2D eigenvalue weighted by Gasteiger charge is -2.13. The van der Waals surface area contributed by atoms with Gasteiger partial charge in [-0.05, 0) is 43.7 Å². The van der Waals surface area contributed by atoms with Crippen molar-refractivity contribution in [1.29, 1.82) is 0 Å². The van der Waals surface area contributed by atoms with E-state index in [4.69, 9.17) is 4.74 Å². The minimum Gasteiger partial charge on any atom is -0.495 e. The molecule has 0 bridgehead atoms. The Morgan fingerprint density at radius 2 is 1.54 bits per heavy atom. The van der Waals surface area contributed by atoms with E-state index in [2.05, 4.69) is 20.6 Å². The highest BCUT2D eigenvalue weighted by Gasteiger charge is 2.11. The summed E-state index contributed by atoms with van der Waals surface area (Å²) in [5.41, 5.74) is 1.52. The zero-order valence-corrected chi connectivity index (χ0v) is 14.6. The molecule has 0 aliphatic rings. The third-order valence-corrected chi connectivity index (χ3v) is 3.67. The molecule has 0 unspecified atom stereocenters. The number of ether oxygens (including phenoxy) is 1.